The van der Waals surface area contributed by atoms with Gasteiger partial charge in [0.25, 0.3) is 0 Å². The third-order valence-corrected chi connectivity index (χ3v) is 15.7. The molecular weight excluding hydrogens is 721 g/mol. The van der Waals surface area contributed by atoms with Crippen molar-refractivity contribution in [2.45, 2.75) is 76.8 Å². The molecule has 1 aromatic carbocycles. The van der Waals surface area contributed by atoms with E-state index >= 15 is 4.39 Å². The highest BCUT2D eigenvalue weighted by atomic mass is 35.5. The number of ether oxygens (including phenoxy) is 3. The Labute approximate surface area is 314 Å². The molecule has 3 saturated heterocycles. The normalized spacial score (nSPS) is 30.1. The molecule has 15 heteroatoms. The summed E-state index contributed by atoms with van der Waals surface area (Å²) in [7, 11) is -1.41. The maximum atomic E-state index is 17.2. The molecule has 0 spiro atoms. The Morgan fingerprint density at radius 2 is 1.85 bits per heavy atom. The van der Waals surface area contributed by atoms with E-state index in [1.165, 1.54) is 7.11 Å². The van der Waals surface area contributed by atoms with Gasteiger partial charge in [0, 0.05) is 47.6 Å². The number of halogens is 2. The summed E-state index contributed by atoms with van der Waals surface area (Å²) < 4.78 is 60.4. The number of fused-ring (bicyclic) bond motifs is 4. The Kier molecular flexibility index (Phi) is 8.78. The fourth-order valence-corrected chi connectivity index (χ4v) is 13.2. The molecule has 284 valence electrons. The van der Waals surface area contributed by atoms with Crippen LogP contribution in [-0.2, 0) is 14.6 Å². The number of nitrogens with zero attached hydrogens (tertiary/aromatic N) is 6. The van der Waals surface area contributed by atoms with Gasteiger partial charge in [0.2, 0.25) is 5.88 Å². The van der Waals surface area contributed by atoms with Crippen LogP contribution in [-0.4, -0.2) is 108 Å². The first kappa shape index (κ1) is 35.4. The number of nitrogens with one attached hydrogen (secondary N) is 1. The van der Waals surface area contributed by atoms with Crippen LogP contribution in [0.4, 0.5) is 10.2 Å². The van der Waals surface area contributed by atoms with E-state index < -0.39 is 15.7 Å². The Morgan fingerprint density at radius 3 is 2.64 bits per heavy atom. The average Bonchev–Trinajstić information content (AvgIpc) is 3.84. The Balaban J connectivity index is 1.11. The molecule has 53 heavy (non-hydrogen) atoms. The lowest BCUT2D eigenvalue weighted by molar-refractivity contribution is -0.0864. The maximum Gasteiger partial charge on any atom is 0.319 e. The van der Waals surface area contributed by atoms with Crippen molar-refractivity contribution in [2.24, 2.45) is 17.3 Å². The third-order valence-electron chi connectivity index (χ3n) is 13.3. The van der Waals surface area contributed by atoms with Gasteiger partial charge in [-0.05, 0) is 88.8 Å². The fraction of sp³-hybridized carbons (Fsp3) is 0.632. The number of methoxy groups -OCH3 is 1. The predicted octanol–water partition coefficient (Wildman–Crippen LogP) is 6.13. The topological polar surface area (TPSA) is 136 Å². The van der Waals surface area contributed by atoms with Crippen molar-refractivity contribution in [3.05, 3.63) is 28.7 Å². The summed E-state index contributed by atoms with van der Waals surface area (Å²) >= 11 is 6.88. The summed E-state index contributed by atoms with van der Waals surface area (Å²) in [6.07, 6.45) is 9.50. The molecule has 0 bridgehead atoms. The second kappa shape index (κ2) is 13.2. The van der Waals surface area contributed by atoms with Crippen molar-refractivity contribution in [1.82, 2.24) is 30.0 Å². The lowest BCUT2D eigenvalue weighted by Crippen LogP contribution is -2.63. The molecule has 5 aliphatic rings. The van der Waals surface area contributed by atoms with Crippen LogP contribution in [0, 0.1) is 30.0 Å². The lowest BCUT2D eigenvalue weighted by atomic mass is 9.66. The van der Waals surface area contributed by atoms with E-state index in [1.807, 2.05) is 13.0 Å². The quantitative estimate of drug-likeness (QED) is 0.233. The fourth-order valence-electron chi connectivity index (χ4n) is 10.7. The minimum atomic E-state index is -2.92. The number of rotatable bonds is 7. The summed E-state index contributed by atoms with van der Waals surface area (Å²) in [5, 5.41) is 8.55. The molecule has 0 amide bonds. The van der Waals surface area contributed by atoms with Gasteiger partial charge in [-0.1, -0.05) is 18.0 Å². The van der Waals surface area contributed by atoms with Crippen molar-refractivity contribution < 1.29 is 27.0 Å². The number of benzene rings is 1. The van der Waals surface area contributed by atoms with E-state index in [1.54, 1.807) is 6.20 Å². The van der Waals surface area contributed by atoms with Gasteiger partial charge in [0.15, 0.2) is 15.7 Å². The number of pyridine rings is 1. The van der Waals surface area contributed by atoms with Crippen LogP contribution in [0.1, 0.15) is 63.9 Å². The lowest BCUT2D eigenvalue weighted by Gasteiger charge is -2.56. The molecule has 2 aliphatic carbocycles. The van der Waals surface area contributed by atoms with Gasteiger partial charge in [-0.3, -0.25) is 10.00 Å². The van der Waals surface area contributed by atoms with Gasteiger partial charge in [-0.2, -0.15) is 15.1 Å². The van der Waals surface area contributed by atoms with Gasteiger partial charge in [-0.15, -0.1) is 0 Å². The van der Waals surface area contributed by atoms with Crippen LogP contribution in [0.15, 0.2) is 12.3 Å². The van der Waals surface area contributed by atoms with Crippen LogP contribution in [0.25, 0.3) is 33.1 Å². The predicted molar refractivity (Wildman–Crippen MR) is 201 cm³/mol. The van der Waals surface area contributed by atoms with Crippen LogP contribution in [0.5, 0.6) is 11.9 Å². The molecule has 4 aromatic rings. The number of likely N-dealkylation sites (tertiary alicyclic amines) is 1. The van der Waals surface area contributed by atoms with Crippen molar-refractivity contribution in [1.29, 1.82) is 0 Å². The first-order chi connectivity index (χ1) is 25.5. The standard InChI is InChI=1S/C38H47ClFN7O5S/c1-22-15-27-26(18-41-45-27)28(30(22)39)32-31(40)33-29(35(42-32)50-3)34(46-10-6-13-51-14-12-46)44-36(43-33)52-21-38-8-4-7-37(38,2)47(11-5-9-38)25-16-23-19-53(48,49)20-24(23)17-25/h15,18,23-25H,4-14,16-17,19-21H2,1-3H3,(H,41,45)/t23-,24+,25?,37-,38-/m1/s1. The number of hydrogen-bond acceptors (Lipinski definition) is 11. The van der Waals surface area contributed by atoms with E-state index in [-0.39, 0.29) is 45.9 Å². The maximum absolute atomic E-state index is 17.2. The molecule has 3 aromatic heterocycles. The van der Waals surface area contributed by atoms with E-state index in [2.05, 4.69) is 26.9 Å². The van der Waals surface area contributed by atoms with Gasteiger partial charge < -0.3 is 19.1 Å². The van der Waals surface area contributed by atoms with Crippen LogP contribution in [0.2, 0.25) is 5.02 Å². The summed E-state index contributed by atoms with van der Waals surface area (Å²) in [5.74, 6) is 1.24. The van der Waals surface area contributed by atoms with E-state index in [4.69, 9.17) is 40.8 Å². The largest absolute Gasteiger partial charge is 0.480 e. The van der Waals surface area contributed by atoms with Crippen molar-refractivity contribution in [2.75, 3.05) is 63.0 Å². The molecule has 9 rings (SSSR count). The number of sulfone groups is 1. The second-order valence-corrected chi connectivity index (χ2v) is 18.8. The first-order valence-electron chi connectivity index (χ1n) is 19.0. The van der Waals surface area contributed by atoms with Crippen molar-refractivity contribution in [3.8, 4) is 23.1 Å². The Bertz CT molecular complexity index is 2180. The van der Waals surface area contributed by atoms with E-state index in [9.17, 15) is 8.42 Å². The first-order valence-corrected chi connectivity index (χ1v) is 21.2. The van der Waals surface area contributed by atoms with Crippen molar-refractivity contribution >= 4 is 49.1 Å². The summed E-state index contributed by atoms with van der Waals surface area (Å²) in [6.45, 7) is 8.00. The zero-order valence-electron chi connectivity index (χ0n) is 30.6. The minimum absolute atomic E-state index is 0.0169. The molecule has 5 atom stereocenters. The highest BCUT2D eigenvalue weighted by Crippen LogP contribution is 2.58. The molecule has 3 aliphatic heterocycles. The van der Waals surface area contributed by atoms with E-state index in [0.717, 1.165) is 63.5 Å². The molecule has 12 nitrogen and oxygen atoms in total. The number of aromatic nitrogens is 5. The van der Waals surface area contributed by atoms with Gasteiger partial charge in [-0.25, -0.2) is 17.8 Å². The number of hydrogen-bond donors (Lipinski definition) is 1. The number of piperidine rings is 1. The van der Waals surface area contributed by atoms with Gasteiger partial charge >= 0.3 is 6.01 Å². The number of H-pyrrole nitrogens is 1. The molecular formula is C38H47ClFN7O5S. The number of aromatic amines is 1. The smallest absolute Gasteiger partial charge is 0.319 e. The zero-order valence-corrected chi connectivity index (χ0v) is 32.2. The third kappa shape index (κ3) is 5.76. The number of anilines is 1. The molecule has 1 unspecified atom stereocenters. The van der Waals surface area contributed by atoms with Gasteiger partial charge in [0.05, 0.1) is 48.6 Å². The van der Waals surface area contributed by atoms with Crippen LogP contribution < -0.4 is 14.4 Å². The molecule has 5 fully saturated rings. The van der Waals surface area contributed by atoms with Gasteiger partial charge in [0.1, 0.15) is 22.4 Å². The van der Waals surface area contributed by atoms with Crippen LogP contribution >= 0.6 is 11.6 Å². The Hall–Kier alpha value is -3.33. The van der Waals surface area contributed by atoms with Crippen molar-refractivity contribution in [3.63, 3.8) is 0 Å². The highest BCUT2D eigenvalue weighted by molar-refractivity contribution is 7.91. The Morgan fingerprint density at radius 1 is 1.06 bits per heavy atom. The summed E-state index contributed by atoms with van der Waals surface area (Å²) in [5.41, 5.74) is 1.69. The zero-order chi connectivity index (χ0) is 36.7. The molecule has 2 saturated carbocycles. The monoisotopic (exact) mass is 767 g/mol. The molecule has 1 N–H and O–H groups in total. The second-order valence-electron chi connectivity index (χ2n) is 16.2. The average molecular weight is 768 g/mol. The SMILES string of the molecule is COc1nc(-c2c(Cl)c(C)cc3[nH]ncc23)c(F)c2nc(OC[C@@]34CCCN(C5C[C@@H]6CS(=O)(=O)C[C@@H]6C5)[C@]3(C)CCC4)nc(N3CCCOCC3)c12. The molecule has 0 radical (unpaired) electrons. The van der Waals surface area contributed by atoms with E-state index in [0.29, 0.717) is 83.2 Å². The summed E-state index contributed by atoms with van der Waals surface area (Å²) in [4.78, 5) is 19.3. The summed E-state index contributed by atoms with van der Waals surface area (Å²) in [6, 6.07) is 2.37. The van der Waals surface area contributed by atoms with Crippen LogP contribution in [0.3, 0.4) is 0 Å². The number of aryl methyl sites for hydroxylation is 1. The highest BCUT2D eigenvalue weighted by Gasteiger charge is 2.60. The minimum Gasteiger partial charge on any atom is -0.480 e. The molecule has 6 heterocycles.